The van der Waals surface area contributed by atoms with E-state index in [1.807, 2.05) is 25.1 Å². The Morgan fingerprint density at radius 1 is 1.28 bits per heavy atom. The van der Waals surface area contributed by atoms with Gasteiger partial charge in [-0.25, -0.2) is 4.79 Å². The van der Waals surface area contributed by atoms with E-state index in [2.05, 4.69) is 33.3 Å². The minimum absolute atomic E-state index is 0.0611. The van der Waals surface area contributed by atoms with Crippen LogP contribution in [0.4, 0.5) is 10.5 Å². The zero-order valence-corrected chi connectivity index (χ0v) is 15.4. The van der Waals surface area contributed by atoms with Gasteiger partial charge < -0.3 is 19.9 Å². The molecule has 25 heavy (non-hydrogen) atoms. The number of ether oxygens (including phenoxy) is 1. The van der Waals surface area contributed by atoms with Crippen molar-refractivity contribution in [3.8, 4) is 0 Å². The lowest BCUT2D eigenvalue weighted by molar-refractivity contribution is 0.0292. The second-order valence-electron chi connectivity index (χ2n) is 7.13. The monoisotopic (exact) mass is 346 g/mol. The Balaban J connectivity index is 1.52. The number of carbonyl (C=O) groups excluding carboxylic acids is 1. The summed E-state index contributed by atoms with van der Waals surface area (Å²) in [5, 5.41) is 3.10. The third-order valence-electron chi connectivity index (χ3n) is 5.08. The first-order valence-electron chi connectivity index (χ1n) is 9.24. The van der Waals surface area contributed by atoms with E-state index in [-0.39, 0.29) is 6.03 Å². The number of likely N-dealkylation sites (tertiary alicyclic amines) is 1. The molecule has 0 aliphatic carbocycles. The van der Waals surface area contributed by atoms with Gasteiger partial charge in [0.05, 0.1) is 13.2 Å². The van der Waals surface area contributed by atoms with Gasteiger partial charge in [-0.15, -0.1) is 0 Å². The van der Waals surface area contributed by atoms with Crippen LogP contribution in [-0.4, -0.2) is 75.4 Å². The molecular weight excluding hydrogens is 316 g/mol. The van der Waals surface area contributed by atoms with Gasteiger partial charge in [-0.3, -0.25) is 4.90 Å². The number of urea groups is 1. The van der Waals surface area contributed by atoms with Crippen molar-refractivity contribution < 1.29 is 9.53 Å². The van der Waals surface area contributed by atoms with E-state index in [0.717, 1.165) is 63.5 Å². The van der Waals surface area contributed by atoms with Crippen molar-refractivity contribution in [1.29, 1.82) is 0 Å². The largest absolute Gasteiger partial charge is 0.379 e. The van der Waals surface area contributed by atoms with Crippen LogP contribution in [-0.2, 0) is 11.3 Å². The molecule has 0 unspecified atom stereocenters. The molecule has 2 aliphatic rings. The van der Waals surface area contributed by atoms with Crippen molar-refractivity contribution in [2.75, 3.05) is 58.4 Å². The molecule has 2 aliphatic heterocycles. The first-order chi connectivity index (χ1) is 12.1. The Bertz CT molecular complexity index is 572. The van der Waals surface area contributed by atoms with Gasteiger partial charge in [0.1, 0.15) is 0 Å². The number of hydrogen-bond donors (Lipinski definition) is 1. The molecule has 1 aromatic rings. The standard InChI is InChI=1S/C19H30N4O2/c1-21(2)17-6-3-5-16(13-17)14-20-19(24)23-8-4-7-18(23)15-22-9-11-25-12-10-22/h3,5-6,13,18H,4,7-12,14-15H2,1-2H3,(H,20,24)/t18-/m0/s1. The number of amides is 2. The van der Waals surface area contributed by atoms with Crippen LogP contribution < -0.4 is 10.2 Å². The number of nitrogens with zero attached hydrogens (tertiary/aromatic N) is 3. The second kappa shape index (κ2) is 8.54. The van der Waals surface area contributed by atoms with Crippen LogP contribution >= 0.6 is 0 Å². The van der Waals surface area contributed by atoms with Crippen LogP contribution in [0.3, 0.4) is 0 Å². The highest BCUT2D eigenvalue weighted by molar-refractivity contribution is 5.75. The average Bonchev–Trinajstić information content (AvgIpc) is 3.09. The summed E-state index contributed by atoms with van der Waals surface area (Å²) in [7, 11) is 4.05. The molecule has 0 bridgehead atoms. The van der Waals surface area contributed by atoms with E-state index < -0.39 is 0 Å². The van der Waals surface area contributed by atoms with E-state index in [4.69, 9.17) is 4.74 Å². The molecule has 3 rings (SSSR count). The Labute approximate surface area is 150 Å². The lowest BCUT2D eigenvalue weighted by Crippen LogP contribution is -2.49. The molecule has 2 heterocycles. The molecule has 2 amide bonds. The number of anilines is 1. The maximum Gasteiger partial charge on any atom is 0.317 e. The predicted molar refractivity (Wildman–Crippen MR) is 100.0 cm³/mol. The summed E-state index contributed by atoms with van der Waals surface area (Å²) in [6.07, 6.45) is 2.19. The fourth-order valence-electron chi connectivity index (χ4n) is 3.60. The molecular formula is C19H30N4O2. The fourth-order valence-corrected chi connectivity index (χ4v) is 3.60. The van der Waals surface area contributed by atoms with Gasteiger partial charge in [0, 0.05) is 58.5 Å². The summed E-state index contributed by atoms with van der Waals surface area (Å²) in [4.78, 5) is 19.2. The topological polar surface area (TPSA) is 48.1 Å². The van der Waals surface area contributed by atoms with Crippen LogP contribution in [0.15, 0.2) is 24.3 Å². The highest BCUT2D eigenvalue weighted by Crippen LogP contribution is 2.19. The van der Waals surface area contributed by atoms with Crippen molar-refractivity contribution in [2.45, 2.75) is 25.4 Å². The van der Waals surface area contributed by atoms with Crippen LogP contribution in [0.2, 0.25) is 0 Å². The Morgan fingerprint density at radius 2 is 2.08 bits per heavy atom. The summed E-state index contributed by atoms with van der Waals surface area (Å²) in [5.41, 5.74) is 2.28. The minimum atomic E-state index is 0.0611. The molecule has 1 atom stereocenters. The molecule has 6 nitrogen and oxygen atoms in total. The number of benzene rings is 1. The molecule has 6 heteroatoms. The molecule has 2 saturated heterocycles. The van der Waals surface area contributed by atoms with E-state index in [0.29, 0.717) is 12.6 Å². The maximum atomic E-state index is 12.7. The molecule has 0 radical (unpaired) electrons. The van der Waals surface area contributed by atoms with E-state index in [1.165, 1.54) is 0 Å². The number of hydrogen-bond acceptors (Lipinski definition) is 4. The van der Waals surface area contributed by atoms with Gasteiger partial charge in [-0.05, 0) is 30.5 Å². The SMILES string of the molecule is CN(C)c1cccc(CNC(=O)N2CCC[C@H]2CN2CCOCC2)c1. The Morgan fingerprint density at radius 3 is 2.84 bits per heavy atom. The van der Waals surface area contributed by atoms with Crippen molar-refractivity contribution in [3.05, 3.63) is 29.8 Å². The third-order valence-corrected chi connectivity index (χ3v) is 5.08. The first kappa shape index (κ1) is 18.0. The normalized spacial score (nSPS) is 21.4. The van der Waals surface area contributed by atoms with Gasteiger partial charge in [0.15, 0.2) is 0 Å². The summed E-state index contributed by atoms with van der Waals surface area (Å²) in [6, 6.07) is 8.67. The smallest absolute Gasteiger partial charge is 0.317 e. The maximum absolute atomic E-state index is 12.7. The number of carbonyl (C=O) groups is 1. The molecule has 0 aromatic heterocycles. The molecule has 0 spiro atoms. The van der Waals surface area contributed by atoms with Crippen LogP contribution in [0.25, 0.3) is 0 Å². The van der Waals surface area contributed by atoms with E-state index in [9.17, 15) is 4.79 Å². The van der Waals surface area contributed by atoms with Crippen molar-refractivity contribution in [3.63, 3.8) is 0 Å². The first-order valence-corrected chi connectivity index (χ1v) is 9.24. The summed E-state index contributed by atoms with van der Waals surface area (Å²) < 4.78 is 5.41. The number of rotatable bonds is 5. The second-order valence-corrected chi connectivity index (χ2v) is 7.13. The average molecular weight is 346 g/mol. The van der Waals surface area contributed by atoms with Crippen LogP contribution in [0, 0.1) is 0 Å². The lowest BCUT2D eigenvalue weighted by atomic mass is 10.2. The molecule has 1 N–H and O–H groups in total. The van der Waals surface area contributed by atoms with Crippen molar-refractivity contribution in [2.24, 2.45) is 0 Å². The highest BCUT2D eigenvalue weighted by atomic mass is 16.5. The Kier molecular flexibility index (Phi) is 6.15. The fraction of sp³-hybridized carbons (Fsp3) is 0.632. The van der Waals surface area contributed by atoms with Crippen LogP contribution in [0.5, 0.6) is 0 Å². The number of morpholine rings is 1. The van der Waals surface area contributed by atoms with Gasteiger partial charge in [0.2, 0.25) is 0 Å². The third kappa shape index (κ3) is 4.86. The quantitative estimate of drug-likeness (QED) is 0.883. The van der Waals surface area contributed by atoms with E-state index >= 15 is 0 Å². The Hall–Kier alpha value is -1.79. The summed E-state index contributed by atoms with van der Waals surface area (Å²) in [5.74, 6) is 0. The summed E-state index contributed by atoms with van der Waals surface area (Å²) >= 11 is 0. The minimum Gasteiger partial charge on any atom is -0.379 e. The molecule has 2 fully saturated rings. The zero-order valence-electron chi connectivity index (χ0n) is 15.4. The van der Waals surface area contributed by atoms with Gasteiger partial charge in [-0.2, -0.15) is 0 Å². The highest BCUT2D eigenvalue weighted by Gasteiger charge is 2.30. The zero-order chi connectivity index (χ0) is 17.6. The van der Waals surface area contributed by atoms with Crippen molar-refractivity contribution in [1.82, 2.24) is 15.1 Å². The number of nitrogens with one attached hydrogen (secondary N) is 1. The van der Waals surface area contributed by atoms with Crippen LogP contribution in [0.1, 0.15) is 18.4 Å². The molecule has 138 valence electrons. The van der Waals surface area contributed by atoms with Gasteiger partial charge >= 0.3 is 6.03 Å². The predicted octanol–water partition coefficient (Wildman–Crippen LogP) is 1.76. The lowest BCUT2D eigenvalue weighted by Gasteiger charge is -2.33. The van der Waals surface area contributed by atoms with E-state index in [1.54, 1.807) is 0 Å². The van der Waals surface area contributed by atoms with Gasteiger partial charge in [0.25, 0.3) is 0 Å². The van der Waals surface area contributed by atoms with Gasteiger partial charge in [-0.1, -0.05) is 12.1 Å². The molecule has 0 saturated carbocycles. The summed E-state index contributed by atoms with van der Waals surface area (Å²) in [6.45, 7) is 5.96. The molecule has 1 aromatic carbocycles. The van der Waals surface area contributed by atoms with Crippen molar-refractivity contribution >= 4 is 11.7 Å².